The van der Waals surface area contributed by atoms with Crippen molar-refractivity contribution in [2.24, 2.45) is 0 Å². The molecule has 0 fully saturated rings. The summed E-state index contributed by atoms with van der Waals surface area (Å²) in [7, 11) is 5.75. The van der Waals surface area contributed by atoms with Crippen molar-refractivity contribution in [2.45, 2.75) is 6.42 Å². The molecule has 8 heteroatoms. The lowest BCUT2D eigenvalue weighted by molar-refractivity contribution is -0.140. The molecule has 0 aliphatic carbocycles. The van der Waals surface area contributed by atoms with E-state index in [4.69, 9.17) is 14.2 Å². The van der Waals surface area contributed by atoms with Gasteiger partial charge < -0.3 is 29.6 Å². The van der Waals surface area contributed by atoms with Gasteiger partial charge in [0.05, 0.1) is 40.5 Å². The second-order valence-electron chi connectivity index (χ2n) is 4.12. The predicted octanol–water partition coefficient (Wildman–Crippen LogP) is 1.40. The molecule has 2 N–H and O–H groups in total. The number of anilines is 1. The number of hydrogen-bond acceptors (Lipinski definition) is 6. The van der Waals surface area contributed by atoms with Crippen LogP contribution in [0.15, 0.2) is 12.1 Å². The van der Waals surface area contributed by atoms with Gasteiger partial charge in [0.2, 0.25) is 5.75 Å². The lowest BCUT2D eigenvalue weighted by Crippen LogP contribution is -2.30. The Kier molecular flexibility index (Phi) is 6.81. The van der Waals surface area contributed by atoms with Crippen molar-refractivity contribution in [2.75, 3.05) is 40.3 Å². The number of hydrogen-bond donors (Lipinski definition) is 2. The van der Waals surface area contributed by atoms with E-state index in [-0.39, 0.29) is 13.0 Å². The number of carbonyl (C=O) groups excluding carboxylic acids is 2. The van der Waals surface area contributed by atoms with Crippen molar-refractivity contribution in [1.29, 1.82) is 0 Å². The monoisotopic (exact) mass is 312 g/mol. The van der Waals surface area contributed by atoms with Crippen molar-refractivity contribution in [1.82, 2.24) is 5.32 Å². The summed E-state index contributed by atoms with van der Waals surface area (Å²) in [6.45, 7) is 0.170. The Labute approximate surface area is 128 Å². The molecule has 122 valence electrons. The minimum Gasteiger partial charge on any atom is -0.493 e. The summed E-state index contributed by atoms with van der Waals surface area (Å²) in [6.07, 6.45) is 0.0964. The molecule has 0 spiro atoms. The Bertz CT molecular complexity index is 507. The molecule has 0 atom stereocenters. The second-order valence-corrected chi connectivity index (χ2v) is 4.12. The van der Waals surface area contributed by atoms with E-state index in [1.165, 1.54) is 28.4 Å². The molecule has 1 rings (SSSR count). The Hall–Kier alpha value is -2.64. The van der Waals surface area contributed by atoms with E-state index in [0.29, 0.717) is 22.9 Å². The summed E-state index contributed by atoms with van der Waals surface area (Å²) in [6, 6.07) is 2.74. The van der Waals surface area contributed by atoms with Gasteiger partial charge in [-0.3, -0.25) is 4.79 Å². The average molecular weight is 312 g/mol. The number of urea groups is 1. The number of rotatable bonds is 7. The van der Waals surface area contributed by atoms with Gasteiger partial charge in [-0.15, -0.1) is 0 Å². The van der Waals surface area contributed by atoms with Gasteiger partial charge in [-0.1, -0.05) is 0 Å². The zero-order valence-corrected chi connectivity index (χ0v) is 13.0. The van der Waals surface area contributed by atoms with Crippen LogP contribution in [0.2, 0.25) is 0 Å². The van der Waals surface area contributed by atoms with Gasteiger partial charge in [-0.25, -0.2) is 4.79 Å². The molecule has 1 aromatic rings. The van der Waals surface area contributed by atoms with Crippen LogP contribution in [-0.4, -0.2) is 47.0 Å². The van der Waals surface area contributed by atoms with E-state index in [1.54, 1.807) is 12.1 Å². The molecule has 0 unspecified atom stereocenters. The molecule has 0 aliphatic heterocycles. The topological polar surface area (TPSA) is 95.1 Å². The fourth-order valence-electron chi connectivity index (χ4n) is 1.71. The molecular weight excluding hydrogens is 292 g/mol. The van der Waals surface area contributed by atoms with Gasteiger partial charge in [0.1, 0.15) is 0 Å². The Balaban J connectivity index is 2.72. The minimum atomic E-state index is -0.460. The van der Waals surface area contributed by atoms with Crippen LogP contribution in [-0.2, 0) is 9.53 Å². The van der Waals surface area contributed by atoms with E-state index >= 15 is 0 Å². The molecule has 0 heterocycles. The zero-order chi connectivity index (χ0) is 16.5. The number of amides is 2. The average Bonchev–Trinajstić information content (AvgIpc) is 2.53. The maximum Gasteiger partial charge on any atom is 0.319 e. The molecular formula is C14H20N2O6. The van der Waals surface area contributed by atoms with Gasteiger partial charge >= 0.3 is 12.0 Å². The smallest absolute Gasteiger partial charge is 0.319 e. The van der Waals surface area contributed by atoms with Gasteiger partial charge in [0.25, 0.3) is 0 Å². The number of nitrogens with one attached hydrogen (secondary N) is 2. The van der Waals surface area contributed by atoms with Crippen molar-refractivity contribution >= 4 is 17.7 Å². The Morgan fingerprint density at radius 1 is 1.00 bits per heavy atom. The third-order valence-electron chi connectivity index (χ3n) is 2.76. The van der Waals surface area contributed by atoms with Crippen molar-refractivity contribution in [3.8, 4) is 17.2 Å². The first-order valence-electron chi connectivity index (χ1n) is 6.47. The summed E-state index contributed by atoms with van der Waals surface area (Å²) >= 11 is 0. The van der Waals surface area contributed by atoms with Gasteiger partial charge in [-0.05, 0) is 0 Å². The molecule has 22 heavy (non-hydrogen) atoms. The van der Waals surface area contributed by atoms with Crippen LogP contribution in [0.3, 0.4) is 0 Å². The molecule has 0 aliphatic rings. The number of carbonyl (C=O) groups is 2. The van der Waals surface area contributed by atoms with Gasteiger partial charge in [0.15, 0.2) is 11.5 Å². The van der Waals surface area contributed by atoms with Crippen LogP contribution in [0.4, 0.5) is 10.5 Å². The number of esters is 1. The summed E-state index contributed by atoms with van der Waals surface area (Å²) in [5.74, 6) is 0.883. The lowest BCUT2D eigenvalue weighted by atomic mass is 10.2. The molecule has 0 saturated carbocycles. The maximum atomic E-state index is 11.7. The number of ether oxygens (including phenoxy) is 4. The molecule has 8 nitrogen and oxygen atoms in total. The fraction of sp³-hybridized carbons (Fsp3) is 0.429. The van der Waals surface area contributed by atoms with E-state index in [0.717, 1.165) is 0 Å². The first-order chi connectivity index (χ1) is 10.5. The summed E-state index contributed by atoms with van der Waals surface area (Å²) in [5.41, 5.74) is 0.463. The highest BCUT2D eigenvalue weighted by Gasteiger charge is 2.14. The SMILES string of the molecule is COC(=O)CCNC(=O)Nc1cc(OC)c(OC)c(OC)c1. The van der Waals surface area contributed by atoms with Gasteiger partial charge in [-0.2, -0.15) is 0 Å². The normalized spacial score (nSPS) is 9.64. The summed E-state index contributed by atoms with van der Waals surface area (Å²) in [5, 5.41) is 5.15. The lowest BCUT2D eigenvalue weighted by Gasteiger charge is -2.14. The van der Waals surface area contributed by atoms with E-state index in [1.807, 2.05) is 0 Å². The van der Waals surface area contributed by atoms with Crippen LogP contribution < -0.4 is 24.8 Å². The molecule has 0 bridgehead atoms. The Morgan fingerprint density at radius 2 is 1.59 bits per heavy atom. The highest BCUT2D eigenvalue weighted by Crippen LogP contribution is 2.39. The number of benzene rings is 1. The predicted molar refractivity (Wildman–Crippen MR) is 79.8 cm³/mol. The van der Waals surface area contributed by atoms with Gasteiger partial charge in [0, 0.05) is 18.7 Å². The second kappa shape index (κ2) is 8.60. The third-order valence-corrected chi connectivity index (χ3v) is 2.76. The van der Waals surface area contributed by atoms with E-state index in [9.17, 15) is 9.59 Å². The van der Waals surface area contributed by atoms with Crippen molar-refractivity contribution in [3.05, 3.63) is 12.1 Å². The van der Waals surface area contributed by atoms with Crippen LogP contribution in [0, 0.1) is 0 Å². The third kappa shape index (κ3) is 4.72. The van der Waals surface area contributed by atoms with Crippen LogP contribution >= 0.6 is 0 Å². The first kappa shape index (κ1) is 17.4. The van der Waals surface area contributed by atoms with E-state index in [2.05, 4.69) is 15.4 Å². The van der Waals surface area contributed by atoms with E-state index < -0.39 is 12.0 Å². The first-order valence-corrected chi connectivity index (χ1v) is 6.47. The standard InChI is InChI=1S/C14H20N2O6/c1-19-10-7-9(8-11(20-2)13(10)22-4)16-14(18)15-6-5-12(17)21-3/h7-8H,5-6H2,1-4H3,(H2,15,16,18). The van der Waals surface area contributed by atoms with Crippen molar-refractivity contribution in [3.63, 3.8) is 0 Å². The highest BCUT2D eigenvalue weighted by atomic mass is 16.5. The van der Waals surface area contributed by atoms with Crippen LogP contribution in [0.1, 0.15) is 6.42 Å². The molecule has 0 saturated heterocycles. The zero-order valence-electron chi connectivity index (χ0n) is 13.0. The summed E-state index contributed by atoms with van der Waals surface area (Å²) < 4.78 is 20.1. The molecule has 2 amide bonds. The highest BCUT2D eigenvalue weighted by molar-refractivity contribution is 5.90. The quantitative estimate of drug-likeness (QED) is 0.739. The largest absolute Gasteiger partial charge is 0.493 e. The fourth-order valence-corrected chi connectivity index (χ4v) is 1.71. The van der Waals surface area contributed by atoms with Crippen LogP contribution in [0.5, 0.6) is 17.2 Å². The summed E-state index contributed by atoms with van der Waals surface area (Å²) in [4.78, 5) is 22.7. The number of methoxy groups -OCH3 is 4. The molecule has 0 radical (unpaired) electrons. The Morgan fingerprint density at radius 3 is 2.05 bits per heavy atom. The molecule has 1 aromatic carbocycles. The van der Waals surface area contributed by atoms with Crippen molar-refractivity contribution < 1.29 is 28.5 Å². The molecule has 0 aromatic heterocycles. The minimum absolute atomic E-state index is 0.0964. The van der Waals surface area contributed by atoms with Crippen LogP contribution in [0.25, 0.3) is 0 Å². The maximum absolute atomic E-state index is 11.7.